The molecule has 1 aliphatic heterocycles. The second kappa shape index (κ2) is 8.80. The average molecular weight is 420 g/mol. The number of nitrogens with one attached hydrogen (secondary N) is 1. The van der Waals surface area contributed by atoms with Gasteiger partial charge in [0, 0.05) is 31.2 Å². The Morgan fingerprint density at radius 2 is 1.50 bits per heavy atom. The Kier molecular flexibility index (Phi) is 8.65. The highest BCUT2D eigenvalue weighted by Gasteiger charge is 2.45. The number of piperazine rings is 1. The third kappa shape index (κ3) is 5.84. The van der Waals surface area contributed by atoms with Gasteiger partial charge in [-0.3, -0.25) is 4.90 Å². The summed E-state index contributed by atoms with van der Waals surface area (Å²) >= 11 is 5.59. The van der Waals surface area contributed by atoms with Gasteiger partial charge in [0.2, 0.25) is 0 Å². The third-order valence-electron chi connectivity index (χ3n) is 3.39. The van der Waals surface area contributed by atoms with E-state index in [-0.39, 0.29) is 42.9 Å². The van der Waals surface area contributed by atoms with E-state index < -0.39 is 29.5 Å². The van der Waals surface area contributed by atoms with Crippen molar-refractivity contribution in [3.05, 3.63) is 34.3 Å². The van der Waals surface area contributed by atoms with Crippen LogP contribution >= 0.6 is 36.4 Å². The first-order valence-corrected chi connectivity index (χ1v) is 6.86. The molecule has 1 aromatic carbocycles. The first-order chi connectivity index (χ1) is 10.1. The molecule has 1 fully saturated rings. The maximum absolute atomic E-state index is 13.4. The van der Waals surface area contributed by atoms with Crippen molar-refractivity contribution in [2.45, 2.75) is 18.4 Å². The molecule has 0 bridgehead atoms. The van der Waals surface area contributed by atoms with Crippen LogP contribution in [0.5, 0.6) is 0 Å². The smallest absolute Gasteiger partial charge is 0.314 e. The topological polar surface area (TPSA) is 15.3 Å². The standard InChI is InChI=1S/C13H13ClF6N2.2ClH/c14-10-6-8(5-9(7-10)12(15,16)17)11(13(18,19)20)22-3-1-21-2-4-22;;/h5-7,11,21H,1-4H2;2*1H/t11-;;/m1../s1. The predicted molar refractivity (Wildman–Crippen MR) is 84.2 cm³/mol. The highest BCUT2D eigenvalue weighted by atomic mass is 35.5. The van der Waals surface area contributed by atoms with Crippen LogP contribution in [-0.4, -0.2) is 37.3 Å². The minimum absolute atomic E-state index is 0. The Labute approximate surface area is 152 Å². The van der Waals surface area contributed by atoms with Crippen molar-refractivity contribution < 1.29 is 26.3 Å². The number of nitrogens with zero attached hydrogens (tertiary/aromatic N) is 1. The largest absolute Gasteiger partial charge is 0.416 e. The Hall–Kier alpha value is -0.410. The van der Waals surface area contributed by atoms with Crippen LogP contribution in [-0.2, 0) is 6.18 Å². The van der Waals surface area contributed by atoms with Gasteiger partial charge in [-0.15, -0.1) is 24.8 Å². The maximum atomic E-state index is 13.4. The van der Waals surface area contributed by atoms with Crippen molar-refractivity contribution in [3.8, 4) is 0 Å². The summed E-state index contributed by atoms with van der Waals surface area (Å²) in [7, 11) is 0. The summed E-state index contributed by atoms with van der Waals surface area (Å²) in [6.45, 7) is 0.884. The van der Waals surface area contributed by atoms with Crippen molar-refractivity contribution >= 4 is 36.4 Å². The molecule has 0 aliphatic carbocycles. The van der Waals surface area contributed by atoms with Crippen molar-refractivity contribution in [2.75, 3.05) is 26.2 Å². The molecule has 0 spiro atoms. The summed E-state index contributed by atoms with van der Waals surface area (Å²) in [5.74, 6) is 0. The van der Waals surface area contributed by atoms with Crippen molar-refractivity contribution in [1.29, 1.82) is 0 Å². The molecule has 2 nitrogen and oxygen atoms in total. The minimum atomic E-state index is -4.75. The summed E-state index contributed by atoms with van der Waals surface area (Å²) in [5, 5.41) is 2.54. The number of rotatable bonds is 2. The number of hydrogen-bond donors (Lipinski definition) is 1. The molecule has 24 heavy (non-hydrogen) atoms. The monoisotopic (exact) mass is 418 g/mol. The van der Waals surface area contributed by atoms with E-state index in [4.69, 9.17) is 11.6 Å². The van der Waals surface area contributed by atoms with Crippen LogP contribution in [0.25, 0.3) is 0 Å². The SMILES string of the molecule is Cl.Cl.FC(F)(F)c1cc(Cl)cc([C@@H](N2CCNCC2)C(F)(F)F)c1. The van der Waals surface area contributed by atoms with E-state index in [1.807, 2.05) is 0 Å². The van der Waals surface area contributed by atoms with E-state index in [1.165, 1.54) is 0 Å². The van der Waals surface area contributed by atoms with E-state index in [0.29, 0.717) is 25.2 Å². The van der Waals surface area contributed by atoms with Gasteiger partial charge in [0.05, 0.1) is 5.56 Å². The van der Waals surface area contributed by atoms with Gasteiger partial charge in [-0.05, 0) is 23.8 Å². The van der Waals surface area contributed by atoms with Crippen LogP contribution in [0.2, 0.25) is 5.02 Å². The molecule has 1 saturated heterocycles. The number of alkyl halides is 6. The third-order valence-corrected chi connectivity index (χ3v) is 3.61. The van der Waals surface area contributed by atoms with Crippen molar-refractivity contribution in [2.24, 2.45) is 0 Å². The summed E-state index contributed by atoms with van der Waals surface area (Å²) < 4.78 is 78.5. The fourth-order valence-electron chi connectivity index (χ4n) is 2.48. The molecule has 0 unspecified atom stereocenters. The van der Waals surface area contributed by atoms with Gasteiger partial charge >= 0.3 is 12.4 Å². The van der Waals surface area contributed by atoms with Crippen LogP contribution in [0, 0.1) is 0 Å². The van der Waals surface area contributed by atoms with Gasteiger partial charge < -0.3 is 5.32 Å². The zero-order valence-corrected chi connectivity index (χ0v) is 14.4. The Bertz CT molecular complexity index is 529. The molecule has 2 rings (SSSR count). The highest BCUT2D eigenvalue weighted by Crippen LogP contribution is 2.41. The van der Waals surface area contributed by atoms with Crippen LogP contribution in [0.1, 0.15) is 17.2 Å². The van der Waals surface area contributed by atoms with Gasteiger partial charge in [0.1, 0.15) is 6.04 Å². The van der Waals surface area contributed by atoms with E-state index in [9.17, 15) is 26.3 Å². The molecular weight excluding hydrogens is 405 g/mol. The Morgan fingerprint density at radius 1 is 0.958 bits per heavy atom. The average Bonchev–Trinajstić information content (AvgIpc) is 2.36. The fraction of sp³-hybridized carbons (Fsp3) is 0.538. The quantitative estimate of drug-likeness (QED) is 0.699. The van der Waals surface area contributed by atoms with Gasteiger partial charge in [0.25, 0.3) is 0 Å². The first-order valence-electron chi connectivity index (χ1n) is 6.48. The first kappa shape index (κ1) is 23.6. The van der Waals surface area contributed by atoms with Gasteiger partial charge in [-0.1, -0.05) is 11.6 Å². The number of hydrogen-bond acceptors (Lipinski definition) is 2. The normalized spacial score (nSPS) is 17.6. The van der Waals surface area contributed by atoms with Gasteiger partial charge in [-0.25, -0.2) is 0 Å². The summed E-state index contributed by atoms with van der Waals surface area (Å²) in [5.41, 5.74) is -1.67. The Morgan fingerprint density at radius 3 is 1.96 bits per heavy atom. The van der Waals surface area contributed by atoms with Crippen molar-refractivity contribution in [3.63, 3.8) is 0 Å². The lowest BCUT2D eigenvalue weighted by Gasteiger charge is -2.36. The summed E-state index contributed by atoms with van der Waals surface area (Å²) in [4.78, 5) is 1.11. The lowest BCUT2D eigenvalue weighted by atomic mass is 10.0. The molecule has 1 N–H and O–H groups in total. The van der Waals surface area contributed by atoms with E-state index >= 15 is 0 Å². The van der Waals surface area contributed by atoms with Crippen LogP contribution < -0.4 is 5.32 Å². The van der Waals surface area contributed by atoms with Crippen LogP contribution in [0.4, 0.5) is 26.3 Å². The van der Waals surface area contributed by atoms with Crippen LogP contribution in [0.15, 0.2) is 18.2 Å². The molecule has 1 aliphatic rings. The van der Waals surface area contributed by atoms with Crippen LogP contribution in [0.3, 0.4) is 0 Å². The molecular formula is C13H15Cl3F6N2. The second-order valence-corrected chi connectivity index (χ2v) is 5.44. The molecule has 1 heterocycles. The fourth-order valence-corrected chi connectivity index (χ4v) is 2.72. The van der Waals surface area contributed by atoms with E-state index in [1.54, 1.807) is 0 Å². The van der Waals surface area contributed by atoms with Gasteiger partial charge in [0.15, 0.2) is 0 Å². The highest BCUT2D eigenvalue weighted by molar-refractivity contribution is 6.30. The minimum Gasteiger partial charge on any atom is -0.314 e. The second-order valence-electron chi connectivity index (χ2n) is 5.00. The molecule has 11 heteroatoms. The maximum Gasteiger partial charge on any atom is 0.416 e. The lowest BCUT2D eigenvalue weighted by Crippen LogP contribution is -2.49. The molecule has 1 atom stereocenters. The number of benzene rings is 1. The summed E-state index contributed by atoms with van der Waals surface area (Å²) in [6.07, 6.45) is -9.44. The molecule has 0 saturated carbocycles. The van der Waals surface area contributed by atoms with Crippen molar-refractivity contribution in [1.82, 2.24) is 10.2 Å². The number of halogens is 9. The molecule has 1 aromatic rings. The molecule has 0 aromatic heterocycles. The molecule has 0 amide bonds. The lowest BCUT2D eigenvalue weighted by molar-refractivity contribution is -0.188. The zero-order chi connectivity index (χ0) is 16.5. The zero-order valence-electron chi connectivity index (χ0n) is 12.0. The molecule has 140 valence electrons. The van der Waals surface area contributed by atoms with E-state index in [0.717, 1.165) is 11.0 Å². The Balaban J connectivity index is 0.00000264. The van der Waals surface area contributed by atoms with E-state index in [2.05, 4.69) is 5.32 Å². The molecule has 0 radical (unpaired) electrons. The summed E-state index contributed by atoms with van der Waals surface area (Å²) in [6, 6.07) is -0.0198. The predicted octanol–water partition coefficient (Wildman–Crippen LogP) is 4.71. The van der Waals surface area contributed by atoms with Gasteiger partial charge in [-0.2, -0.15) is 26.3 Å².